The number of benzene rings is 1. The number of nitrogens with zero attached hydrogens (tertiary/aromatic N) is 1. The minimum absolute atomic E-state index is 0.132. The molecule has 0 spiro atoms. The maximum Gasteiger partial charge on any atom is 0.258 e. The van der Waals surface area contributed by atoms with Crippen molar-refractivity contribution in [3.63, 3.8) is 0 Å². The molecule has 0 aliphatic carbocycles. The molecule has 0 saturated carbocycles. The first-order valence-corrected chi connectivity index (χ1v) is 8.34. The Morgan fingerprint density at radius 3 is 2.76 bits per heavy atom. The number of nitrogens with one attached hydrogen (secondary N) is 1. The smallest absolute Gasteiger partial charge is 0.258 e. The first kappa shape index (κ1) is 16.0. The van der Waals surface area contributed by atoms with Crippen molar-refractivity contribution in [1.82, 2.24) is 4.98 Å². The van der Waals surface area contributed by atoms with Gasteiger partial charge in [0.1, 0.15) is 5.03 Å². The minimum atomic E-state index is -0.132. The van der Waals surface area contributed by atoms with E-state index in [-0.39, 0.29) is 5.91 Å². The third-order valence-electron chi connectivity index (χ3n) is 2.78. The molecular formula is C16H17BrN2OS. The molecule has 5 heteroatoms. The zero-order valence-electron chi connectivity index (χ0n) is 12.2. The predicted molar refractivity (Wildman–Crippen MR) is 92.1 cm³/mol. The molecule has 0 atom stereocenters. The van der Waals surface area contributed by atoms with E-state index in [0.717, 1.165) is 20.7 Å². The summed E-state index contributed by atoms with van der Waals surface area (Å²) in [7, 11) is 0. The second kappa shape index (κ2) is 7.09. The highest BCUT2D eigenvalue weighted by molar-refractivity contribution is 9.10. The van der Waals surface area contributed by atoms with Crippen LogP contribution in [0.4, 0.5) is 5.69 Å². The summed E-state index contributed by atoms with van der Waals surface area (Å²) in [5.74, 6) is -0.132. The number of amides is 1. The van der Waals surface area contributed by atoms with E-state index >= 15 is 0 Å². The number of hydrogen-bond acceptors (Lipinski definition) is 3. The molecule has 1 amide bonds. The number of aryl methyl sites for hydroxylation is 1. The van der Waals surface area contributed by atoms with Gasteiger partial charge in [-0.15, -0.1) is 11.8 Å². The van der Waals surface area contributed by atoms with Crippen LogP contribution in [0.2, 0.25) is 0 Å². The Hall–Kier alpha value is -1.33. The summed E-state index contributed by atoms with van der Waals surface area (Å²) >= 11 is 5.04. The van der Waals surface area contributed by atoms with E-state index in [0.29, 0.717) is 10.8 Å². The Balaban J connectivity index is 2.22. The van der Waals surface area contributed by atoms with Gasteiger partial charge in [-0.25, -0.2) is 4.98 Å². The van der Waals surface area contributed by atoms with Crippen molar-refractivity contribution in [3.05, 3.63) is 52.1 Å². The van der Waals surface area contributed by atoms with Gasteiger partial charge in [0.15, 0.2) is 0 Å². The lowest BCUT2D eigenvalue weighted by molar-refractivity contribution is 0.102. The molecule has 0 aliphatic heterocycles. The van der Waals surface area contributed by atoms with Crippen molar-refractivity contribution in [1.29, 1.82) is 0 Å². The van der Waals surface area contributed by atoms with Crippen molar-refractivity contribution in [2.24, 2.45) is 0 Å². The first-order valence-electron chi connectivity index (χ1n) is 6.66. The number of carbonyl (C=O) groups is 1. The topological polar surface area (TPSA) is 42.0 Å². The van der Waals surface area contributed by atoms with Crippen LogP contribution in [0, 0.1) is 6.92 Å². The summed E-state index contributed by atoms with van der Waals surface area (Å²) in [6.07, 6.45) is 1.71. The summed E-state index contributed by atoms with van der Waals surface area (Å²) in [5, 5.41) is 4.07. The van der Waals surface area contributed by atoms with Crippen LogP contribution in [0.3, 0.4) is 0 Å². The van der Waals surface area contributed by atoms with E-state index in [9.17, 15) is 4.79 Å². The van der Waals surface area contributed by atoms with E-state index in [4.69, 9.17) is 0 Å². The Kier molecular flexibility index (Phi) is 5.42. The summed E-state index contributed by atoms with van der Waals surface area (Å²) < 4.78 is 1.03. The monoisotopic (exact) mass is 364 g/mol. The Morgan fingerprint density at radius 1 is 1.33 bits per heavy atom. The van der Waals surface area contributed by atoms with Crippen molar-refractivity contribution in [3.8, 4) is 0 Å². The summed E-state index contributed by atoms with van der Waals surface area (Å²) in [6, 6.07) is 9.33. The van der Waals surface area contributed by atoms with Crippen LogP contribution < -0.4 is 5.32 Å². The fourth-order valence-corrected chi connectivity index (χ4v) is 2.90. The Morgan fingerprint density at radius 2 is 2.10 bits per heavy atom. The Bertz CT molecular complexity index is 658. The van der Waals surface area contributed by atoms with E-state index in [1.807, 2.05) is 25.1 Å². The van der Waals surface area contributed by atoms with Crippen molar-refractivity contribution >= 4 is 39.3 Å². The van der Waals surface area contributed by atoms with Gasteiger partial charge >= 0.3 is 0 Å². The molecule has 0 unspecified atom stereocenters. The molecule has 1 aromatic carbocycles. The average Bonchev–Trinajstić information content (AvgIpc) is 2.43. The first-order chi connectivity index (χ1) is 9.97. The maximum absolute atomic E-state index is 12.4. The van der Waals surface area contributed by atoms with E-state index in [1.165, 1.54) is 0 Å². The lowest BCUT2D eigenvalue weighted by Crippen LogP contribution is -2.14. The van der Waals surface area contributed by atoms with Crippen molar-refractivity contribution in [2.45, 2.75) is 31.0 Å². The van der Waals surface area contributed by atoms with Gasteiger partial charge in [-0.3, -0.25) is 4.79 Å². The van der Waals surface area contributed by atoms with E-state index in [2.05, 4.69) is 40.1 Å². The number of halogens is 1. The molecule has 0 saturated heterocycles. The van der Waals surface area contributed by atoms with Crippen molar-refractivity contribution < 1.29 is 4.79 Å². The number of anilines is 1. The highest BCUT2D eigenvalue weighted by Gasteiger charge is 2.14. The molecule has 110 valence electrons. The zero-order valence-corrected chi connectivity index (χ0v) is 14.6. The second-order valence-electron chi connectivity index (χ2n) is 4.94. The quantitative estimate of drug-likeness (QED) is 0.784. The lowest BCUT2D eigenvalue weighted by atomic mass is 10.2. The van der Waals surface area contributed by atoms with E-state index in [1.54, 1.807) is 30.1 Å². The third kappa shape index (κ3) is 4.32. The number of carbonyl (C=O) groups excluding carboxylic acids is 1. The third-order valence-corrected chi connectivity index (χ3v) is 4.69. The molecule has 1 aromatic heterocycles. The van der Waals surface area contributed by atoms with Crippen LogP contribution in [0.25, 0.3) is 0 Å². The molecule has 1 N–H and O–H groups in total. The van der Waals surface area contributed by atoms with Crippen LogP contribution >= 0.6 is 27.7 Å². The van der Waals surface area contributed by atoms with Gasteiger partial charge in [0, 0.05) is 21.6 Å². The molecule has 0 bridgehead atoms. The largest absolute Gasteiger partial charge is 0.322 e. The molecule has 21 heavy (non-hydrogen) atoms. The summed E-state index contributed by atoms with van der Waals surface area (Å²) in [6.45, 7) is 6.15. The van der Waals surface area contributed by atoms with Gasteiger partial charge in [0.2, 0.25) is 0 Å². The number of pyridine rings is 1. The molecule has 2 aromatic rings. The van der Waals surface area contributed by atoms with Gasteiger partial charge in [-0.2, -0.15) is 0 Å². The molecule has 1 heterocycles. The van der Waals surface area contributed by atoms with Gasteiger partial charge in [-0.1, -0.05) is 29.8 Å². The van der Waals surface area contributed by atoms with Crippen LogP contribution in [-0.4, -0.2) is 16.1 Å². The molecular weight excluding hydrogens is 348 g/mol. The number of thioether (sulfide) groups is 1. The molecule has 0 radical (unpaired) electrons. The second-order valence-corrected chi connectivity index (χ2v) is 7.36. The van der Waals surface area contributed by atoms with Crippen LogP contribution in [0.5, 0.6) is 0 Å². The highest BCUT2D eigenvalue weighted by atomic mass is 79.9. The lowest BCUT2D eigenvalue weighted by Gasteiger charge is -2.11. The molecule has 0 fully saturated rings. The highest BCUT2D eigenvalue weighted by Crippen LogP contribution is 2.25. The van der Waals surface area contributed by atoms with Gasteiger partial charge in [0.25, 0.3) is 5.91 Å². The maximum atomic E-state index is 12.4. The fourth-order valence-electron chi connectivity index (χ4n) is 1.80. The number of aromatic nitrogens is 1. The standard InChI is InChI=1S/C16H17BrN2OS/c1-10(2)21-16-13(5-4-8-18-16)15(20)19-12-6-7-14(17)11(3)9-12/h4-10H,1-3H3,(H,19,20). The fraction of sp³-hybridized carbons (Fsp3) is 0.250. The normalized spacial score (nSPS) is 10.7. The SMILES string of the molecule is Cc1cc(NC(=O)c2cccnc2SC(C)C)ccc1Br. The van der Waals surface area contributed by atoms with Crippen molar-refractivity contribution in [2.75, 3.05) is 5.32 Å². The summed E-state index contributed by atoms with van der Waals surface area (Å²) in [5.41, 5.74) is 2.47. The average molecular weight is 365 g/mol. The van der Waals surface area contributed by atoms with Gasteiger partial charge in [0.05, 0.1) is 5.56 Å². The van der Waals surface area contributed by atoms with Crippen LogP contribution in [0.1, 0.15) is 29.8 Å². The summed E-state index contributed by atoms with van der Waals surface area (Å²) in [4.78, 5) is 16.7. The molecule has 0 aliphatic rings. The number of hydrogen-bond donors (Lipinski definition) is 1. The Labute approximate surface area is 137 Å². The number of rotatable bonds is 4. The van der Waals surface area contributed by atoms with Crippen LogP contribution in [-0.2, 0) is 0 Å². The van der Waals surface area contributed by atoms with Gasteiger partial charge in [-0.05, 0) is 42.8 Å². The molecule has 2 rings (SSSR count). The van der Waals surface area contributed by atoms with Crippen LogP contribution in [0.15, 0.2) is 46.0 Å². The predicted octanol–water partition coefficient (Wildman–Crippen LogP) is 4.91. The minimum Gasteiger partial charge on any atom is -0.322 e. The van der Waals surface area contributed by atoms with Gasteiger partial charge < -0.3 is 5.32 Å². The molecule has 3 nitrogen and oxygen atoms in total. The zero-order chi connectivity index (χ0) is 15.4. The van der Waals surface area contributed by atoms with E-state index < -0.39 is 0 Å².